The summed E-state index contributed by atoms with van der Waals surface area (Å²) in [5.41, 5.74) is 4.71. The van der Waals surface area contributed by atoms with E-state index < -0.39 is 0 Å². The van der Waals surface area contributed by atoms with Gasteiger partial charge in [0.15, 0.2) is 0 Å². The van der Waals surface area contributed by atoms with Crippen LogP contribution >= 0.6 is 24.8 Å². The molecule has 0 radical (unpaired) electrons. The minimum atomic E-state index is 0. The monoisotopic (exact) mass is 179 g/mol. The fourth-order valence-electron chi connectivity index (χ4n) is 0. The first-order valence-electron chi connectivity index (χ1n) is 1.22. The molecule has 0 saturated heterocycles. The largest absolute Gasteiger partial charge is 0.385 e. The topological polar surface area (TPSA) is 26.0 Å². The second kappa shape index (κ2) is 16.1. The Morgan fingerprint density at radius 3 is 1.57 bits per heavy atom. The van der Waals surface area contributed by atoms with Crippen LogP contribution in [0, 0.1) is 0 Å². The van der Waals surface area contributed by atoms with Crippen LogP contribution in [0.25, 0.3) is 0 Å². The van der Waals surface area contributed by atoms with Gasteiger partial charge in [-0.15, -0.1) is 25.8 Å². The van der Waals surface area contributed by atoms with E-state index in [1.54, 1.807) is 0 Å². The van der Waals surface area contributed by atoms with Crippen LogP contribution in [0.3, 0.4) is 0 Å². The van der Waals surface area contributed by atoms with Gasteiger partial charge in [-0.25, -0.2) is 0 Å². The van der Waals surface area contributed by atoms with Gasteiger partial charge in [0.05, 0.1) is 0 Å². The predicted molar refractivity (Wildman–Crippen MR) is 37.0 cm³/mol. The first-order valence-corrected chi connectivity index (χ1v) is 2.07. The van der Waals surface area contributed by atoms with E-state index in [9.17, 15) is 0 Å². The van der Waals surface area contributed by atoms with Crippen LogP contribution < -0.4 is 5.73 Å². The van der Waals surface area contributed by atoms with E-state index in [0.717, 1.165) is 0 Å². The summed E-state index contributed by atoms with van der Waals surface area (Å²) in [6, 6.07) is 0. The van der Waals surface area contributed by atoms with Crippen molar-refractivity contribution in [2.24, 2.45) is 5.73 Å². The smallest absolute Gasteiger partial charge is 0.128 e. The first kappa shape index (κ1) is 15.6. The van der Waals surface area contributed by atoms with Crippen molar-refractivity contribution in [2.45, 2.75) is 0 Å². The van der Waals surface area contributed by atoms with Crippen molar-refractivity contribution in [1.29, 1.82) is 0 Å². The fraction of sp³-hybridized carbons (Fsp3) is 0. The summed E-state index contributed by atoms with van der Waals surface area (Å²) in [6.07, 6.45) is 0. The molecule has 0 aromatic rings. The Labute approximate surface area is 64.7 Å². The van der Waals surface area contributed by atoms with Crippen molar-refractivity contribution in [2.75, 3.05) is 0 Å². The van der Waals surface area contributed by atoms with Crippen LogP contribution in [0.4, 0.5) is 0 Å². The molecule has 0 spiro atoms. The number of thiocarbonyl (C=S) groups is 1. The van der Waals surface area contributed by atoms with Gasteiger partial charge in [0, 0.05) is 16.5 Å². The number of hydrogen-bond acceptors (Lipinski definition) is 1. The average molecular weight is 180 g/mol. The van der Waals surface area contributed by atoms with Gasteiger partial charge in [0.2, 0.25) is 0 Å². The summed E-state index contributed by atoms with van der Waals surface area (Å²) < 4.78 is 0.194. The summed E-state index contributed by atoms with van der Waals surface area (Å²) in [5, 5.41) is 0. The van der Waals surface area contributed by atoms with Crippen molar-refractivity contribution in [3.63, 3.8) is 0 Å². The van der Waals surface area contributed by atoms with Gasteiger partial charge in [-0.1, -0.05) is 12.2 Å². The number of rotatable bonds is 0. The summed E-state index contributed by atoms with van der Waals surface area (Å²) in [5.74, 6) is 0. The molecule has 7 heavy (non-hydrogen) atoms. The second-order valence-corrected chi connectivity index (χ2v) is 1.56. The molecule has 0 fully saturated rings. The summed E-state index contributed by atoms with van der Waals surface area (Å²) in [4.78, 5) is 0. The standard InChI is InChI=1S/C2H4.CH3NS2.Ni/c1-2;2-1(3)4;/h1-2H2;(H3,2,3,4);. The Balaban J connectivity index is -0.0000000480. The van der Waals surface area contributed by atoms with Gasteiger partial charge >= 0.3 is 0 Å². The molecule has 0 aromatic carbocycles. The minimum absolute atomic E-state index is 0. The Kier molecular flexibility index (Phi) is 35.9. The van der Waals surface area contributed by atoms with Crippen molar-refractivity contribution in [1.82, 2.24) is 0 Å². The molecule has 0 unspecified atom stereocenters. The minimum Gasteiger partial charge on any atom is -0.385 e. The van der Waals surface area contributed by atoms with Gasteiger partial charge in [-0.05, 0) is 0 Å². The van der Waals surface area contributed by atoms with Crippen LogP contribution in [-0.4, -0.2) is 4.32 Å². The van der Waals surface area contributed by atoms with Crippen LogP contribution in [-0.2, 0) is 16.5 Å². The van der Waals surface area contributed by atoms with Crippen LogP contribution in [0.1, 0.15) is 0 Å². The molecular weight excluding hydrogens is 173 g/mol. The SMILES string of the molecule is C=C.NC(=S)S.[Ni]. The van der Waals surface area contributed by atoms with Gasteiger partial charge in [0.25, 0.3) is 0 Å². The molecule has 2 N–H and O–H groups in total. The summed E-state index contributed by atoms with van der Waals surface area (Å²) in [7, 11) is 0. The Morgan fingerprint density at radius 1 is 1.57 bits per heavy atom. The molecular formula is C3H7NNiS2. The molecule has 0 heterocycles. The third kappa shape index (κ3) is 578. The average Bonchev–Trinajstić information content (AvgIpc) is 1.41. The molecule has 0 aliphatic carbocycles. The summed E-state index contributed by atoms with van der Waals surface area (Å²) >= 11 is 7.65. The molecule has 46 valence electrons. The molecule has 0 aromatic heterocycles. The normalized spacial score (nSPS) is 4.14. The molecule has 0 aliphatic rings. The Morgan fingerprint density at radius 2 is 1.57 bits per heavy atom. The molecule has 1 nitrogen and oxygen atoms in total. The molecule has 0 rings (SSSR count). The van der Waals surface area contributed by atoms with E-state index in [1.807, 2.05) is 0 Å². The zero-order valence-electron chi connectivity index (χ0n) is 3.66. The van der Waals surface area contributed by atoms with E-state index in [1.165, 1.54) is 0 Å². The third-order valence-electron chi connectivity index (χ3n) is 0. The number of thiol groups is 1. The van der Waals surface area contributed by atoms with E-state index in [4.69, 9.17) is 5.73 Å². The van der Waals surface area contributed by atoms with Gasteiger partial charge < -0.3 is 5.73 Å². The molecule has 4 heteroatoms. The maximum Gasteiger partial charge on any atom is 0.128 e. The Hall–Kier alpha value is 0.474. The van der Waals surface area contributed by atoms with Crippen molar-refractivity contribution >= 4 is 29.2 Å². The quantitative estimate of drug-likeness (QED) is 0.251. The molecule has 0 amide bonds. The molecule has 0 saturated carbocycles. The van der Waals surface area contributed by atoms with Crippen LogP contribution in [0.5, 0.6) is 0 Å². The zero-order chi connectivity index (χ0) is 5.58. The van der Waals surface area contributed by atoms with Gasteiger partial charge in [0.1, 0.15) is 4.32 Å². The van der Waals surface area contributed by atoms with E-state index >= 15 is 0 Å². The predicted octanol–water partition coefficient (Wildman–Crippen LogP) is 0.960. The summed E-state index contributed by atoms with van der Waals surface area (Å²) in [6.45, 7) is 6.00. The zero-order valence-corrected chi connectivity index (χ0v) is 6.36. The van der Waals surface area contributed by atoms with Crippen molar-refractivity contribution in [3.05, 3.63) is 13.2 Å². The number of nitrogens with two attached hydrogens (primary N) is 1. The van der Waals surface area contributed by atoms with Crippen LogP contribution in [0.15, 0.2) is 13.2 Å². The molecule has 0 atom stereocenters. The van der Waals surface area contributed by atoms with Gasteiger partial charge in [-0.2, -0.15) is 0 Å². The number of hydrogen-bond donors (Lipinski definition) is 2. The molecule has 0 bridgehead atoms. The van der Waals surface area contributed by atoms with E-state index in [-0.39, 0.29) is 20.8 Å². The maximum absolute atomic E-state index is 4.71. The second-order valence-electron chi connectivity index (χ2n) is 0.338. The third-order valence-corrected chi connectivity index (χ3v) is 0. The van der Waals surface area contributed by atoms with Crippen LogP contribution in [0.2, 0.25) is 0 Å². The molecule has 0 aliphatic heterocycles. The van der Waals surface area contributed by atoms with Crippen molar-refractivity contribution < 1.29 is 16.5 Å². The fourth-order valence-corrected chi connectivity index (χ4v) is 0. The van der Waals surface area contributed by atoms with Crippen molar-refractivity contribution in [3.8, 4) is 0 Å². The van der Waals surface area contributed by atoms with E-state index in [0.29, 0.717) is 0 Å². The maximum atomic E-state index is 4.71. The van der Waals surface area contributed by atoms with Gasteiger partial charge in [-0.3, -0.25) is 0 Å². The first-order chi connectivity index (χ1) is 2.73. The van der Waals surface area contributed by atoms with E-state index in [2.05, 4.69) is 38.0 Å². The Bertz CT molecular complexity index is 44.2.